The van der Waals surface area contributed by atoms with Crippen LogP contribution in [0.15, 0.2) is 6.07 Å². The molecule has 0 fully saturated rings. The monoisotopic (exact) mass is 335 g/mol. The Morgan fingerprint density at radius 3 is 2.04 bits per heavy atom. The molecule has 0 N–H and O–H groups in total. The van der Waals surface area contributed by atoms with Crippen LogP contribution in [-0.4, -0.2) is 29.9 Å². The van der Waals surface area contributed by atoms with E-state index < -0.39 is 46.1 Å². The first kappa shape index (κ1) is 18.9. The highest BCUT2D eigenvalue weighted by Gasteiger charge is 2.40. The first-order chi connectivity index (χ1) is 10.3. The predicted octanol–water partition coefficient (Wildman–Crippen LogP) is 3.52. The fourth-order valence-electron chi connectivity index (χ4n) is 1.78. The van der Waals surface area contributed by atoms with Crippen LogP contribution in [0.2, 0.25) is 0 Å². The minimum Gasteiger partial charge on any atom is -0.444 e. The van der Waals surface area contributed by atoms with Gasteiger partial charge in [0.1, 0.15) is 17.4 Å². The molecule has 1 rings (SSSR count). The lowest BCUT2D eigenvalue weighted by Crippen LogP contribution is -2.48. The van der Waals surface area contributed by atoms with Gasteiger partial charge in [-0.15, -0.1) is 0 Å². The van der Waals surface area contributed by atoms with Gasteiger partial charge in [0.25, 0.3) is 0 Å². The van der Waals surface area contributed by atoms with Crippen molar-refractivity contribution in [1.82, 2.24) is 4.90 Å². The summed E-state index contributed by atoms with van der Waals surface area (Å²) in [5, 5.41) is 0. The van der Waals surface area contributed by atoms with Gasteiger partial charge >= 0.3 is 6.09 Å². The van der Waals surface area contributed by atoms with Crippen molar-refractivity contribution in [2.24, 2.45) is 0 Å². The normalized spacial score (nSPS) is 14.1. The van der Waals surface area contributed by atoms with Crippen molar-refractivity contribution in [2.45, 2.75) is 38.8 Å². The summed E-state index contributed by atoms with van der Waals surface area (Å²) in [5.41, 5.74) is -3.83. The van der Waals surface area contributed by atoms with Gasteiger partial charge in [-0.2, -0.15) is 0 Å². The van der Waals surface area contributed by atoms with Crippen molar-refractivity contribution in [1.29, 1.82) is 0 Å². The number of ether oxygens (including phenoxy) is 1. The quantitative estimate of drug-likeness (QED) is 0.367. The van der Waals surface area contributed by atoms with Gasteiger partial charge in [-0.1, -0.05) is 0 Å². The zero-order valence-electron chi connectivity index (χ0n) is 13.3. The van der Waals surface area contributed by atoms with E-state index in [4.69, 9.17) is 4.74 Å². The lowest BCUT2D eigenvalue weighted by molar-refractivity contribution is -0.117. The largest absolute Gasteiger partial charge is 0.444 e. The number of nitrogens with zero attached hydrogens (tertiary/aromatic N) is 1. The summed E-state index contributed by atoms with van der Waals surface area (Å²) in [6, 6.07) is 0.336. The molecule has 0 aliphatic heterocycles. The molecule has 1 aromatic carbocycles. The Balaban J connectivity index is 3.41. The molecule has 1 unspecified atom stereocenters. The molecule has 4 nitrogen and oxygen atoms in total. The molecule has 8 heteroatoms. The minimum absolute atomic E-state index is 0.117. The van der Waals surface area contributed by atoms with Crippen molar-refractivity contribution >= 4 is 12.4 Å². The molecular formula is C15H17F4NO3. The number of benzene rings is 1. The molecule has 1 atom stereocenters. The van der Waals surface area contributed by atoms with Crippen LogP contribution < -0.4 is 0 Å². The lowest BCUT2D eigenvalue weighted by Gasteiger charge is -2.35. The third-order valence-corrected chi connectivity index (χ3v) is 3.24. The van der Waals surface area contributed by atoms with Gasteiger partial charge in [0.2, 0.25) is 0 Å². The van der Waals surface area contributed by atoms with E-state index in [9.17, 15) is 27.2 Å². The number of carbonyl (C=O) groups is 2. The standard InChI is InChI=1S/C15H17F4NO3/c1-14(2,3)23-13(22)20(5)15(4,7-21)8-6-9(16)11(18)12(19)10(8)17/h6-7H,1-5H3. The van der Waals surface area contributed by atoms with E-state index in [1.54, 1.807) is 20.8 Å². The van der Waals surface area contributed by atoms with Crippen molar-refractivity contribution in [3.8, 4) is 0 Å². The SMILES string of the molecule is CN(C(=O)OC(C)(C)C)C(C)(C=O)c1cc(F)c(F)c(F)c1F. The molecule has 0 aliphatic carbocycles. The van der Waals surface area contributed by atoms with Crippen LogP contribution in [0.4, 0.5) is 22.4 Å². The number of likely N-dealkylation sites (N-methyl/N-ethyl adjacent to an activating group) is 1. The molecule has 0 aromatic heterocycles. The van der Waals surface area contributed by atoms with Crippen molar-refractivity contribution in [3.63, 3.8) is 0 Å². The van der Waals surface area contributed by atoms with E-state index in [1.807, 2.05) is 0 Å². The first-order valence-corrected chi connectivity index (χ1v) is 6.61. The zero-order valence-corrected chi connectivity index (χ0v) is 13.3. The van der Waals surface area contributed by atoms with E-state index in [-0.39, 0.29) is 6.29 Å². The van der Waals surface area contributed by atoms with E-state index in [2.05, 4.69) is 0 Å². The second-order valence-electron chi connectivity index (χ2n) is 6.15. The average molecular weight is 335 g/mol. The molecule has 0 spiro atoms. The fourth-order valence-corrected chi connectivity index (χ4v) is 1.78. The Hall–Kier alpha value is -2.12. The summed E-state index contributed by atoms with van der Waals surface area (Å²) in [7, 11) is 1.10. The smallest absolute Gasteiger partial charge is 0.411 e. The highest BCUT2D eigenvalue weighted by Crippen LogP contribution is 2.31. The molecule has 0 heterocycles. The highest BCUT2D eigenvalue weighted by atomic mass is 19.2. The summed E-state index contributed by atoms with van der Waals surface area (Å²) >= 11 is 0. The predicted molar refractivity (Wildman–Crippen MR) is 73.7 cm³/mol. The summed E-state index contributed by atoms with van der Waals surface area (Å²) in [6.45, 7) is 5.75. The summed E-state index contributed by atoms with van der Waals surface area (Å²) in [4.78, 5) is 24.2. The average Bonchev–Trinajstić information content (AvgIpc) is 2.45. The maximum absolute atomic E-state index is 14.0. The number of halogens is 4. The van der Waals surface area contributed by atoms with E-state index >= 15 is 0 Å². The van der Waals surface area contributed by atoms with Crippen molar-refractivity contribution < 1.29 is 31.9 Å². The zero-order chi connectivity index (χ0) is 18.2. The van der Waals surface area contributed by atoms with Gasteiger partial charge < -0.3 is 9.53 Å². The number of hydrogen-bond donors (Lipinski definition) is 0. The first-order valence-electron chi connectivity index (χ1n) is 6.61. The number of hydrogen-bond acceptors (Lipinski definition) is 3. The minimum atomic E-state index is -2.10. The van der Waals surface area contributed by atoms with E-state index in [1.165, 1.54) is 0 Å². The van der Waals surface area contributed by atoms with Gasteiger partial charge in [-0.25, -0.2) is 22.4 Å². The maximum atomic E-state index is 14.0. The molecular weight excluding hydrogens is 318 g/mol. The van der Waals surface area contributed by atoms with Crippen LogP contribution >= 0.6 is 0 Å². The Bertz CT molecular complexity index is 643. The summed E-state index contributed by atoms with van der Waals surface area (Å²) < 4.78 is 58.9. The molecule has 1 amide bonds. The van der Waals surface area contributed by atoms with Crippen LogP contribution in [0.25, 0.3) is 0 Å². The molecule has 1 aromatic rings. The Labute approximate surface area is 131 Å². The Kier molecular flexibility index (Phi) is 5.08. The molecule has 0 aliphatic rings. The van der Waals surface area contributed by atoms with Crippen LogP contribution in [0.3, 0.4) is 0 Å². The number of carbonyl (C=O) groups excluding carboxylic acids is 2. The van der Waals surface area contributed by atoms with E-state index in [0.717, 1.165) is 14.0 Å². The van der Waals surface area contributed by atoms with Crippen LogP contribution in [0.5, 0.6) is 0 Å². The third kappa shape index (κ3) is 3.62. The van der Waals surface area contributed by atoms with Gasteiger partial charge in [-0.05, 0) is 33.8 Å². The third-order valence-electron chi connectivity index (χ3n) is 3.24. The van der Waals surface area contributed by atoms with E-state index in [0.29, 0.717) is 11.0 Å². The summed E-state index contributed by atoms with van der Waals surface area (Å²) in [5.74, 6) is -7.50. The number of aldehydes is 1. The fraction of sp³-hybridized carbons (Fsp3) is 0.467. The highest BCUT2D eigenvalue weighted by molar-refractivity contribution is 5.78. The molecule has 0 saturated carbocycles. The van der Waals surface area contributed by atoms with Gasteiger partial charge in [-0.3, -0.25) is 4.90 Å². The topological polar surface area (TPSA) is 46.6 Å². The molecule has 0 radical (unpaired) electrons. The Morgan fingerprint density at radius 2 is 1.61 bits per heavy atom. The molecule has 128 valence electrons. The van der Waals surface area contributed by atoms with Gasteiger partial charge in [0, 0.05) is 12.6 Å². The second kappa shape index (κ2) is 6.17. The lowest BCUT2D eigenvalue weighted by atomic mass is 9.91. The Morgan fingerprint density at radius 1 is 1.09 bits per heavy atom. The maximum Gasteiger partial charge on any atom is 0.411 e. The van der Waals surface area contributed by atoms with Crippen molar-refractivity contribution in [2.75, 3.05) is 7.05 Å². The second-order valence-corrected chi connectivity index (χ2v) is 6.15. The van der Waals surface area contributed by atoms with Gasteiger partial charge in [0.15, 0.2) is 23.3 Å². The van der Waals surface area contributed by atoms with Crippen LogP contribution in [-0.2, 0) is 15.1 Å². The van der Waals surface area contributed by atoms with Crippen LogP contribution in [0, 0.1) is 23.3 Å². The van der Waals surface area contributed by atoms with Crippen LogP contribution in [0.1, 0.15) is 33.3 Å². The van der Waals surface area contributed by atoms with Crippen molar-refractivity contribution in [3.05, 3.63) is 34.9 Å². The molecule has 23 heavy (non-hydrogen) atoms. The van der Waals surface area contributed by atoms with Gasteiger partial charge in [0.05, 0.1) is 0 Å². The molecule has 0 saturated heterocycles. The number of amides is 1. The molecule has 0 bridgehead atoms. The summed E-state index contributed by atoms with van der Waals surface area (Å²) in [6.07, 6.45) is -0.900. The number of rotatable bonds is 3.